The number of halogens is 3. The molecule has 3 aromatic carbocycles. The van der Waals surface area contributed by atoms with Crippen LogP contribution >= 0.6 is 34.8 Å². The summed E-state index contributed by atoms with van der Waals surface area (Å²) in [5.41, 5.74) is 3.01. The number of nitrogens with one attached hydrogen (secondary N) is 3. The quantitative estimate of drug-likeness (QED) is 0.0572. The smallest absolute Gasteiger partial charge is 0.407 e. The van der Waals surface area contributed by atoms with E-state index in [0.29, 0.717) is 85.7 Å². The van der Waals surface area contributed by atoms with Crippen molar-refractivity contribution in [3.8, 4) is 0 Å². The minimum absolute atomic E-state index is 0.276. The van der Waals surface area contributed by atoms with Crippen LogP contribution in [0, 0.1) is 0 Å². The van der Waals surface area contributed by atoms with Crippen LogP contribution in [0.3, 0.4) is 0 Å². The van der Waals surface area contributed by atoms with Crippen LogP contribution in [0.15, 0.2) is 91.0 Å². The molecule has 3 N–H and O–H groups in total. The van der Waals surface area contributed by atoms with Gasteiger partial charge in [0.05, 0.1) is 71.6 Å². The number of ether oxygens (including phenoxy) is 6. The van der Waals surface area contributed by atoms with Crippen LogP contribution in [0.4, 0.5) is 4.79 Å². The van der Waals surface area contributed by atoms with Gasteiger partial charge in [-0.25, -0.2) is 4.79 Å². The Kier molecular flexibility index (Phi) is 20.6. The maximum atomic E-state index is 11.4. The lowest BCUT2D eigenvalue weighted by Gasteiger charge is -2.37. The van der Waals surface area contributed by atoms with Gasteiger partial charge in [0.2, 0.25) is 3.79 Å². The van der Waals surface area contributed by atoms with Gasteiger partial charge in [-0.2, -0.15) is 0 Å². The molecule has 0 aromatic heterocycles. The van der Waals surface area contributed by atoms with Gasteiger partial charge in [0.25, 0.3) is 0 Å². The largest absolute Gasteiger partial charge is 0.445 e. The molecule has 0 atom stereocenters. The maximum Gasteiger partial charge on any atom is 0.407 e. The molecular formula is C36H48Cl3N3O7. The van der Waals surface area contributed by atoms with Gasteiger partial charge in [-0.3, -0.25) is 5.32 Å². The van der Waals surface area contributed by atoms with E-state index in [0.717, 1.165) is 0 Å². The van der Waals surface area contributed by atoms with Crippen molar-refractivity contribution in [3.05, 3.63) is 108 Å². The molecule has 0 aliphatic rings. The molecule has 1 amide bonds. The summed E-state index contributed by atoms with van der Waals surface area (Å²) in [7, 11) is 0. The van der Waals surface area contributed by atoms with Crippen LogP contribution in [0.25, 0.3) is 0 Å². The fourth-order valence-electron chi connectivity index (χ4n) is 4.88. The Morgan fingerprint density at radius 3 is 1.29 bits per heavy atom. The van der Waals surface area contributed by atoms with E-state index in [-0.39, 0.29) is 13.2 Å². The summed E-state index contributed by atoms with van der Waals surface area (Å²) in [6.07, 6.45) is -0.673. The van der Waals surface area contributed by atoms with Gasteiger partial charge in [-0.05, 0) is 16.7 Å². The highest BCUT2D eigenvalue weighted by Gasteiger charge is 2.35. The molecule has 0 aliphatic heterocycles. The molecule has 0 bridgehead atoms. The number of hydrogen-bond acceptors (Lipinski definition) is 9. The molecular weight excluding hydrogens is 693 g/mol. The number of hydrogen-bond donors (Lipinski definition) is 3. The van der Waals surface area contributed by atoms with Crippen molar-refractivity contribution < 1.29 is 33.2 Å². The fourth-order valence-corrected chi connectivity index (χ4v) is 5.05. The van der Waals surface area contributed by atoms with Gasteiger partial charge in [-0.1, -0.05) is 126 Å². The first-order chi connectivity index (χ1) is 23.9. The van der Waals surface area contributed by atoms with Crippen LogP contribution < -0.4 is 16.0 Å². The van der Waals surface area contributed by atoms with Crippen molar-refractivity contribution in [2.24, 2.45) is 0 Å². The van der Waals surface area contributed by atoms with Gasteiger partial charge < -0.3 is 39.1 Å². The summed E-state index contributed by atoms with van der Waals surface area (Å²) < 4.78 is 31.2. The zero-order chi connectivity index (χ0) is 34.9. The summed E-state index contributed by atoms with van der Waals surface area (Å²) in [6.45, 7) is 6.92. The molecule has 0 fully saturated rings. The highest BCUT2D eigenvalue weighted by atomic mass is 35.6. The Labute approximate surface area is 305 Å². The van der Waals surface area contributed by atoms with Gasteiger partial charge in [-0.15, -0.1) is 0 Å². The number of carbonyl (C=O) groups excluding carboxylic acids is 1. The molecule has 0 heterocycles. The second-order valence-electron chi connectivity index (χ2n) is 10.7. The normalized spacial score (nSPS) is 11.8. The first-order valence-electron chi connectivity index (χ1n) is 16.4. The first kappa shape index (κ1) is 40.9. The first-order valence-corrected chi connectivity index (χ1v) is 17.5. The number of alkyl halides is 3. The third kappa shape index (κ3) is 16.9. The van der Waals surface area contributed by atoms with E-state index in [1.54, 1.807) is 0 Å². The average molecular weight is 741 g/mol. The van der Waals surface area contributed by atoms with Crippen LogP contribution in [0.2, 0.25) is 0 Å². The minimum Gasteiger partial charge on any atom is -0.445 e. The summed E-state index contributed by atoms with van der Waals surface area (Å²) in [5.74, 6) is 0. The Hall–Kier alpha value is -2.48. The van der Waals surface area contributed by atoms with Crippen molar-refractivity contribution >= 4 is 40.9 Å². The van der Waals surface area contributed by atoms with E-state index in [9.17, 15) is 4.79 Å². The van der Waals surface area contributed by atoms with Gasteiger partial charge in [0, 0.05) is 26.2 Å². The van der Waals surface area contributed by atoms with Crippen LogP contribution in [-0.2, 0) is 34.0 Å². The topological polar surface area (TPSA) is 109 Å². The van der Waals surface area contributed by atoms with E-state index in [1.165, 1.54) is 16.7 Å². The molecule has 0 saturated carbocycles. The van der Waals surface area contributed by atoms with E-state index in [4.69, 9.17) is 63.2 Å². The van der Waals surface area contributed by atoms with E-state index in [2.05, 4.69) is 88.7 Å². The predicted molar refractivity (Wildman–Crippen MR) is 194 cm³/mol. The average Bonchev–Trinajstić information content (AvgIpc) is 3.12. The predicted octanol–water partition coefficient (Wildman–Crippen LogP) is 5.34. The Morgan fingerprint density at radius 1 is 0.510 bits per heavy atom. The lowest BCUT2D eigenvalue weighted by Crippen LogP contribution is -2.46. The Balaban J connectivity index is 1.15. The lowest BCUT2D eigenvalue weighted by atomic mass is 9.77. The molecule has 0 spiro atoms. The second-order valence-corrected chi connectivity index (χ2v) is 13.2. The number of benzene rings is 3. The molecule has 0 aliphatic carbocycles. The fraction of sp³-hybridized carbons (Fsp3) is 0.472. The standard InChI is InChI=1S/C36H48Cl3N3O7/c37-35(38,39)30-49-34(43)41-18-22-46-25-24-44-20-16-40-17-21-45-26-28-48-29-27-47-23-19-42-36(31-10-4-1-5-11-31,32-12-6-2-7-13-32)33-14-8-3-9-15-33/h1-15,40,42H,16-30H2,(H,41,43). The van der Waals surface area contributed by atoms with Crippen molar-refractivity contribution in [2.45, 2.75) is 9.33 Å². The summed E-state index contributed by atoms with van der Waals surface area (Å²) >= 11 is 16.5. The van der Waals surface area contributed by atoms with Crippen LogP contribution in [0.5, 0.6) is 0 Å². The molecule has 3 aromatic rings. The Bertz CT molecular complexity index is 1160. The van der Waals surface area contributed by atoms with E-state index >= 15 is 0 Å². The molecule has 0 radical (unpaired) electrons. The lowest BCUT2D eigenvalue weighted by molar-refractivity contribution is 0.0148. The maximum absolute atomic E-state index is 11.4. The van der Waals surface area contributed by atoms with E-state index < -0.39 is 15.4 Å². The molecule has 13 heteroatoms. The second kappa shape index (κ2) is 24.6. The molecule has 49 heavy (non-hydrogen) atoms. The van der Waals surface area contributed by atoms with Crippen LogP contribution in [-0.4, -0.2) is 109 Å². The molecule has 0 saturated heterocycles. The molecule has 0 unspecified atom stereocenters. The van der Waals surface area contributed by atoms with Crippen molar-refractivity contribution in [1.82, 2.24) is 16.0 Å². The summed E-state index contributed by atoms with van der Waals surface area (Å²) in [4.78, 5) is 11.4. The van der Waals surface area contributed by atoms with Gasteiger partial charge >= 0.3 is 6.09 Å². The van der Waals surface area contributed by atoms with Crippen molar-refractivity contribution in [2.75, 3.05) is 98.9 Å². The van der Waals surface area contributed by atoms with Crippen molar-refractivity contribution in [3.63, 3.8) is 0 Å². The molecule has 270 valence electrons. The highest BCUT2D eigenvalue weighted by molar-refractivity contribution is 6.67. The summed E-state index contributed by atoms with van der Waals surface area (Å²) in [6, 6.07) is 31.6. The third-order valence-electron chi connectivity index (χ3n) is 7.10. The van der Waals surface area contributed by atoms with Crippen molar-refractivity contribution in [1.29, 1.82) is 0 Å². The van der Waals surface area contributed by atoms with E-state index in [1.807, 2.05) is 18.2 Å². The zero-order valence-electron chi connectivity index (χ0n) is 27.8. The number of alkyl carbamates (subject to hydrolysis) is 1. The number of amides is 1. The van der Waals surface area contributed by atoms with Gasteiger partial charge in [0.1, 0.15) is 6.61 Å². The minimum atomic E-state index is -1.63. The Morgan fingerprint density at radius 2 is 0.878 bits per heavy atom. The number of rotatable bonds is 26. The zero-order valence-corrected chi connectivity index (χ0v) is 30.0. The number of carbonyl (C=O) groups is 1. The SMILES string of the molecule is O=C(NCCOCCOCCNCCOCCOCCOCCNC(c1ccccc1)(c1ccccc1)c1ccccc1)OCC(Cl)(Cl)Cl. The monoisotopic (exact) mass is 739 g/mol. The third-order valence-corrected chi connectivity index (χ3v) is 7.43. The summed E-state index contributed by atoms with van der Waals surface area (Å²) in [5, 5.41) is 9.57. The molecule has 10 nitrogen and oxygen atoms in total. The van der Waals surface area contributed by atoms with Gasteiger partial charge in [0.15, 0.2) is 0 Å². The molecule has 3 rings (SSSR count). The highest BCUT2D eigenvalue weighted by Crippen LogP contribution is 2.36. The van der Waals surface area contributed by atoms with Crippen LogP contribution in [0.1, 0.15) is 16.7 Å².